The van der Waals surface area contributed by atoms with Gasteiger partial charge in [0.1, 0.15) is 17.4 Å². The molecule has 9 nitrogen and oxygen atoms in total. The normalized spacial score (nSPS) is 18.8. The average Bonchev–Trinajstić information content (AvgIpc) is 2.86. The van der Waals surface area contributed by atoms with Crippen molar-refractivity contribution in [3.8, 4) is 11.6 Å². The number of amides is 3. The minimum atomic E-state index is -0.429. The maximum absolute atomic E-state index is 13.4. The minimum absolute atomic E-state index is 0.130. The lowest BCUT2D eigenvalue weighted by molar-refractivity contribution is 0.0356. The van der Waals surface area contributed by atoms with Crippen LogP contribution >= 0.6 is 0 Å². The molecule has 9 heteroatoms. The van der Waals surface area contributed by atoms with Gasteiger partial charge in [-0.1, -0.05) is 19.1 Å². The number of carbonyl (C=O) groups is 2. The standard InChI is InChI=1S/C26H34N4O5/c1-6-7-19-12-22-24(27-13-19)35-23(17(2)14-30(25(22)32)18(3)16-31)15-29(4)26(33)28-20-8-10-21(34-5)11-9-20/h6-13,17-18,23,31H,14-16H2,1-5H3,(H,28,33)/b7-6+/t17-,18+,23-/m1/s1. The summed E-state index contributed by atoms with van der Waals surface area (Å²) in [5.41, 5.74) is 1.76. The third-order valence-electron chi connectivity index (χ3n) is 6.04. The van der Waals surface area contributed by atoms with E-state index in [9.17, 15) is 14.7 Å². The Balaban J connectivity index is 1.83. The first-order chi connectivity index (χ1) is 16.8. The van der Waals surface area contributed by atoms with Crippen LogP contribution in [0.4, 0.5) is 10.5 Å². The highest BCUT2D eigenvalue weighted by Crippen LogP contribution is 2.28. The van der Waals surface area contributed by atoms with Crippen molar-refractivity contribution in [1.82, 2.24) is 14.8 Å². The summed E-state index contributed by atoms with van der Waals surface area (Å²) < 4.78 is 11.4. The molecule has 0 radical (unpaired) electrons. The summed E-state index contributed by atoms with van der Waals surface area (Å²) >= 11 is 0. The molecule has 1 aliphatic rings. The zero-order valence-electron chi connectivity index (χ0n) is 20.9. The molecule has 0 unspecified atom stereocenters. The molecular weight excluding hydrogens is 448 g/mol. The van der Waals surface area contributed by atoms with E-state index in [0.717, 1.165) is 5.56 Å². The van der Waals surface area contributed by atoms with Crippen molar-refractivity contribution in [2.45, 2.75) is 32.9 Å². The smallest absolute Gasteiger partial charge is 0.321 e. The second-order valence-electron chi connectivity index (χ2n) is 8.78. The average molecular weight is 483 g/mol. The Morgan fingerprint density at radius 1 is 1.40 bits per heavy atom. The van der Waals surface area contributed by atoms with E-state index in [-0.39, 0.29) is 42.9 Å². The van der Waals surface area contributed by atoms with Gasteiger partial charge < -0.3 is 29.7 Å². The van der Waals surface area contributed by atoms with E-state index in [2.05, 4.69) is 10.3 Å². The van der Waals surface area contributed by atoms with Gasteiger partial charge in [-0.3, -0.25) is 4.79 Å². The number of carbonyl (C=O) groups excluding carboxylic acids is 2. The molecule has 188 valence electrons. The van der Waals surface area contributed by atoms with E-state index >= 15 is 0 Å². The van der Waals surface area contributed by atoms with Crippen LogP contribution in [0.5, 0.6) is 11.6 Å². The predicted molar refractivity (Wildman–Crippen MR) is 135 cm³/mol. The Bertz CT molecular complexity index is 1060. The fraction of sp³-hybridized carbons (Fsp3) is 0.423. The molecule has 3 amide bonds. The molecule has 35 heavy (non-hydrogen) atoms. The third kappa shape index (κ3) is 6.30. The predicted octanol–water partition coefficient (Wildman–Crippen LogP) is 3.51. The summed E-state index contributed by atoms with van der Waals surface area (Å²) in [5.74, 6) is 0.553. The first-order valence-corrected chi connectivity index (χ1v) is 11.6. The number of benzene rings is 1. The number of allylic oxidation sites excluding steroid dienone is 1. The molecule has 0 spiro atoms. The van der Waals surface area contributed by atoms with Crippen molar-refractivity contribution < 1.29 is 24.2 Å². The van der Waals surface area contributed by atoms with Gasteiger partial charge >= 0.3 is 6.03 Å². The Kier molecular flexibility index (Phi) is 8.70. The lowest BCUT2D eigenvalue weighted by Gasteiger charge is -2.37. The number of aliphatic hydroxyl groups excluding tert-OH is 1. The summed E-state index contributed by atoms with van der Waals surface area (Å²) in [6.07, 6.45) is 4.95. The van der Waals surface area contributed by atoms with Gasteiger partial charge in [-0.2, -0.15) is 0 Å². The van der Waals surface area contributed by atoms with Crippen LogP contribution in [0.2, 0.25) is 0 Å². The van der Waals surface area contributed by atoms with Crippen LogP contribution in [-0.4, -0.2) is 77.8 Å². The lowest BCUT2D eigenvalue weighted by atomic mass is 10.00. The van der Waals surface area contributed by atoms with E-state index in [1.165, 1.54) is 0 Å². The molecular formula is C26H34N4O5. The Hall–Kier alpha value is -3.59. The van der Waals surface area contributed by atoms with Crippen molar-refractivity contribution >= 4 is 23.7 Å². The molecule has 2 heterocycles. The van der Waals surface area contributed by atoms with Crippen molar-refractivity contribution in [3.63, 3.8) is 0 Å². The number of anilines is 1. The lowest BCUT2D eigenvalue weighted by Crippen LogP contribution is -2.50. The molecule has 2 aromatic rings. The quantitative estimate of drug-likeness (QED) is 0.626. The minimum Gasteiger partial charge on any atom is -0.497 e. The van der Waals surface area contributed by atoms with Crippen molar-refractivity contribution in [2.24, 2.45) is 5.92 Å². The van der Waals surface area contributed by atoms with E-state index < -0.39 is 6.10 Å². The number of nitrogens with one attached hydrogen (secondary N) is 1. The summed E-state index contributed by atoms with van der Waals surface area (Å²) in [6, 6.07) is 8.15. The van der Waals surface area contributed by atoms with Crippen LogP contribution in [0.1, 0.15) is 36.7 Å². The molecule has 0 saturated carbocycles. The van der Waals surface area contributed by atoms with Crippen LogP contribution in [0.15, 0.2) is 42.6 Å². The van der Waals surface area contributed by atoms with Crippen LogP contribution in [0.25, 0.3) is 6.08 Å². The van der Waals surface area contributed by atoms with Gasteiger partial charge in [-0.15, -0.1) is 0 Å². The fourth-order valence-corrected chi connectivity index (χ4v) is 3.87. The highest BCUT2D eigenvalue weighted by Gasteiger charge is 2.34. The number of fused-ring (bicyclic) bond motifs is 1. The molecule has 0 bridgehead atoms. The van der Waals surface area contributed by atoms with Gasteiger partial charge in [-0.05, 0) is 49.7 Å². The summed E-state index contributed by atoms with van der Waals surface area (Å²) in [6.45, 7) is 6.14. The molecule has 1 aliphatic heterocycles. The zero-order chi connectivity index (χ0) is 25.5. The monoisotopic (exact) mass is 482 g/mol. The molecule has 3 rings (SSSR count). The highest BCUT2D eigenvalue weighted by atomic mass is 16.5. The molecule has 1 aromatic heterocycles. The molecule has 0 fully saturated rings. The molecule has 0 saturated heterocycles. The summed E-state index contributed by atoms with van der Waals surface area (Å²) in [5, 5.41) is 12.6. The van der Waals surface area contributed by atoms with Crippen LogP contribution < -0.4 is 14.8 Å². The van der Waals surface area contributed by atoms with Gasteiger partial charge in [0.2, 0.25) is 5.88 Å². The first kappa shape index (κ1) is 26.0. The molecule has 3 atom stereocenters. The number of hydrogen-bond donors (Lipinski definition) is 2. The number of aromatic nitrogens is 1. The van der Waals surface area contributed by atoms with Crippen molar-refractivity contribution in [2.75, 3.05) is 39.2 Å². The Morgan fingerprint density at radius 2 is 2.11 bits per heavy atom. The Labute approximate surface area is 206 Å². The summed E-state index contributed by atoms with van der Waals surface area (Å²) in [4.78, 5) is 33.8. The number of nitrogens with zero attached hydrogens (tertiary/aromatic N) is 3. The van der Waals surface area contributed by atoms with Gasteiger partial charge in [0.25, 0.3) is 5.91 Å². The van der Waals surface area contributed by atoms with Gasteiger partial charge in [0, 0.05) is 31.4 Å². The van der Waals surface area contributed by atoms with E-state index in [1.807, 2.05) is 26.0 Å². The second kappa shape index (κ2) is 11.7. The van der Waals surface area contributed by atoms with E-state index in [1.54, 1.807) is 67.4 Å². The van der Waals surface area contributed by atoms with E-state index in [0.29, 0.717) is 23.5 Å². The molecule has 2 N–H and O–H groups in total. The topological polar surface area (TPSA) is 104 Å². The van der Waals surface area contributed by atoms with Gasteiger partial charge in [0.05, 0.1) is 26.3 Å². The summed E-state index contributed by atoms with van der Waals surface area (Å²) in [7, 11) is 3.28. The number of aliphatic hydroxyl groups is 1. The third-order valence-corrected chi connectivity index (χ3v) is 6.04. The number of ether oxygens (including phenoxy) is 2. The largest absolute Gasteiger partial charge is 0.497 e. The van der Waals surface area contributed by atoms with Crippen molar-refractivity contribution in [3.05, 3.63) is 53.7 Å². The zero-order valence-corrected chi connectivity index (χ0v) is 20.9. The first-order valence-electron chi connectivity index (χ1n) is 11.6. The maximum Gasteiger partial charge on any atom is 0.321 e. The van der Waals surface area contributed by atoms with Gasteiger partial charge in [0.15, 0.2) is 0 Å². The van der Waals surface area contributed by atoms with Crippen LogP contribution in [-0.2, 0) is 0 Å². The van der Waals surface area contributed by atoms with Crippen LogP contribution in [0.3, 0.4) is 0 Å². The van der Waals surface area contributed by atoms with Crippen molar-refractivity contribution in [1.29, 1.82) is 0 Å². The number of likely N-dealkylation sites (N-methyl/N-ethyl adjacent to an activating group) is 1. The number of methoxy groups -OCH3 is 1. The number of urea groups is 1. The molecule has 0 aliphatic carbocycles. The maximum atomic E-state index is 13.4. The molecule has 1 aromatic carbocycles. The number of hydrogen-bond acceptors (Lipinski definition) is 6. The van der Waals surface area contributed by atoms with Crippen LogP contribution in [0, 0.1) is 5.92 Å². The number of pyridine rings is 1. The Morgan fingerprint density at radius 3 is 2.74 bits per heavy atom. The van der Waals surface area contributed by atoms with Gasteiger partial charge in [-0.25, -0.2) is 9.78 Å². The second-order valence-corrected chi connectivity index (χ2v) is 8.78. The SMILES string of the molecule is C/C=C/c1cnc2c(c1)C(=O)N([C@@H](C)CO)C[C@@H](C)[C@@H](CN(C)C(=O)Nc1ccc(OC)cc1)O2. The number of rotatable bonds is 7. The fourth-order valence-electron chi connectivity index (χ4n) is 3.87. The van der Waals surface area contributed by atoms with E-state index in [4.69, 9.17) is 9.47 Å². The highest BCUT2D eigenvalue weighted by molar-refractivity contribution is 5.97.